The Morgan fingerprint density at radius 2 is 1.79 bits per heavy atom. The van der Waals surface area contributed by atoms with Crippen LogP contribution in [0.2, 0.25) is 0 Å². The molecule has 0 aromatic carbocycles. The molecule has 1 aliphatic rings. The number of pyridine rings is 1. The molecule has 2 heterocycles. The predicted molar refractivity (Wildman–Crippen MR) is 132 cm³/mol. The first-order chi connectivity index (χ1) is 17.8. The Balaban J connectivity index is 0.00000352. The molecule has 0 bridgehead atoms. The molecule has 5 nitrogen and oxygen atoms in total. The van der Waals surface area contributed by atoms with Gasteiger partial charge in [0, 0.05) is 23.4 Å². The van der Waals surface area contributed by atoms with Crippen LogP contribution in [0.25, 0.3) is 5.57 Å². The lowest BCUT2D eigenvalue weighted by molar-refractivity contribution is -0.190. The summed E-state index contributed by atoms with van der Waals surface area (Å²) < 4.78 is 97.1. The summed E-state index contributed by atoms with van der Waals surface area (Å²) >= 11 is 0. The molecule has 1 aromatic heterocycles. The number of halogens is 7. The molecule has 2 rings (SSSR count). The molecule has 0 spiro atoms. The minimum atomic E-state index is -5.03. The Hall–Kier alpha value is -2.92. The van der Waals surface area contributed by atoms with Gasteiger partial charge in [0.05, 0.1) is 18.4 Å². The number of carbonyl (C=O) groups excluding carboxylic acids is 1. The molecule has 1 amide bonds. The average molecular weight is 554 g/mol. The molecule has 1 aromatic rings. The number of amidine groups is 1. The highest BCUT2D eigenvalue weighted by atomic mass is 19.4. The molecule has 0 radical (unpaired) electrons. The van der Waals surface area contributed by atoms with Crippen molar-refractivity contribution in [2.45, 2.75) is 90.6 Å². The number of allylic oxidation sites excluding steroid dienone is 2. The van der Waals surface area contributed by atoms with E-state index >= 15 is 0 Å². The number of aliphatic imine (C=N–C) groups is 1. The van der Waals surface area contributed by atoms with E-state index in [1.165, 1.54) is 13.1 Å². The van der Waals surface area contributed by atoms with Gasteiger partial charge in [0.2, 0.25) is 6.10 Å². The van der Waals surface area contributed by atoms with Gasteiger partial charge in [-0.2, -0.15) is 26.3 Å². The van der Waals surface area contributed by atoms with E-state index in [9.17, 15) is 35.5 Å². The lowest BCUT2D eigenvalue weighted by Gasteiger charge is -2.30. The van der Waals surface area contributed by atoms with E-state index < -0.39 is 41.5 Å². The lowest BCUT2D eigenvalue weighted by Crippen LogP contribution is -2.50. The molecule has 1 aliphatic heterocycles. The second-order valence-electron chi connectivity index (χ2n) is 8.53. The second kappa shape index (κ2) is 14.9. The summed E-state index contributed by atoms with van der Waals surface area (Å²) in [5.74, 6) is -0.747. The lowest BCUT2D eigenvalue weighted by atomic mass is 9.92. The minimum Gasteiger partial charge on any atom is -0.431 e. The summed E-state index contributed by atoms with van der Waals surface area (Å²) in [6.07, 6.45) is -6.80. The van der Waals surface area contributed by atoms with E-state index in [4.69, 9.17) is 0 Å². The molecule has 0 aliphatic carbocycles. The van der Waals surface area contributed by atoms with Crippen molar-refractivity contribution < 1.29 is 40.3 Å². The standard InChI is InChI=1S/C25H31F6N3O2.CH3F/c1-5-8-10-11-16(7-3)19-14-17(24(26,27)28)13-18(33-19)15(4)20-21(25(29,30)31)36-23(35)34-22(20)32-12-9-6-2;1-2/h9,12-14,16,21H,5-8,10-11H2,1-4H3,(H,32,34,35);1H3/b12-9+,20-15+;. The van der Waals surface area contributed by atoms with E-state index in [1.807, 2.05) is 13.8 Å². The monoisotopic (exact) mass is 553 g/mol. The number of hydrogen-bond donors (Lipinski definition) is 1. The smallest absolute Gasteiger partial charge is 0.430 e. The number of amides is 1. The fourth-order valence-corrected chi connectivity index (χ4v) is 3.88. The first kappa shape index (κ1) is 33.1. The van der Waals surface area contributed by atoms with Crippen molar-refractivity contribution in [1.82, 2.24) is 10.3 Å². The minimum absolute atomic E-state index is 0.159. The number of alkyl halides is 7. The third-order valence-corrected chi connectivity index (χ3v) is 5.83. The molecular formula is C26H34F7N3O2. The van der Waals surface area contributed by atoms with Gasteiger partial charge in [0.25, 0.3) is 0 Å². The fourth-order valence-electron chi connectivity index (χ4n) is 3.88. The molecule has 214 valence electrons. The van der Waals surface area contributed by atoms with E-state index in [-0.39, 0.29) is 22.9 Å². The van der Waals surface area contributed by atoms with E-state index in [0.29, 0.717) is 32.5 Å². The number of aromatic nitrogens is 1. The van der Waals surface area contributed by atoms with Crippen LogP contribution >= 0.6 is 0 Å². The van der Waals surface area contributed by atoms with Crippen LogP contribution in [0.5, 0.6) is 0 Å². The van der Waals surface area contributed by atoms with E-state index in [2.05, 4.69) is 20.0 Å². The van der Waals surface area contributed by atoms with Crippen molar-refractivity contribution in [2.75, 3.05) is 7.18 Å². The first-order valence-electron chi connectivity index (χ1n) is 12.3. The highest BCUT2D eigenvalue weighted by Gasteiger charge is 2.50. The number of hydrogen-bond acceptors (Lipinski definition) is 4. The van der Waals surface area contributed by atoms with Crippen LogP contribution in [-0.2, 0) is 10.9 Å². The van der Waals surface area contributed by atoms with E-state index in [0.717, 1.165) is 25.3 Å². The van der Waals surface area contributed by atoms with Crippen molar-refractivity contribution in [1.29, 1.82) is 0 Å². The van der Waals surface area contributed by atoms with Crippen molar-refractivity contribution in [2.24, 2.45) is 4.99 Å². The maximum absolute atomic E-state index is 13.9. The highest BCUT2D eigenvalue weighted by Crippen LogP contribution is 2.38. The summed E-state index contributed by atoms with van der Waals surface area (Å²) in [4.78, 5) is 20.1. The Labute approximate surface area is 218 Å². The second-order valence-corrected chi connectivity index (χ2v) is 8.53. The van der Waals surface area contributed by atoms with Gasteiger partial charge in [-0.15, -0.1) is 0 Å². The molecule has 2 unspecified atom stereocenters. The van der Waals surface area contributed by atoms with Gasteiger partial charge >= 0.3 is 18.4 Å². The number of nitrogens with one attached hydrogen (secondary N) is 1. The van der Waals surface area contributed by atoms with Crippen LogP contribution in [0.1, 0.15) is 89.1 Å². The maximum atomic E-state index is 13.9. The Morgan fingerprint density at radius 1 is 1.13 bits per heavy atom. The van der Waals surface area contributed by atoms with Crippen LogP contribution in [0.3, 0.4) is 0 Å². The normalized spacial score (nSPS) is 19.5. The number of nitrogens with zero attached hydrogens (tertiary/aromatic N) is 2. The summed E-state index contributed by atoms with van der Waals surface area (Å²) in [5, 5.41) is 2.14. The van der Waals surface area contributed by atoms with Crippen molar-refractivity contribution in [3.63, 3.8) is 0 Å². The average Bonchev–Trinajstić information content (AvgIpc) is 2.86. The van der Waals surface area contributed by atoms with Crippen LogP contribution in [0.15, 0.2) is 35.0 Å². The maximum Gasteiger partial charge on any atom is 0.430 e. The van der Waals surface area contributed by atoms with Crippen LogP contribution in [-0.4, -0.2) is 36.4 Å². The Bertz CT molecular complexity index is 1020. The summed E-state index contributed by atoms with van der Waals surface area (Å²) in [5.41, 5.74) is -1.96. The van der Waals surface area contributed by atoms with Gasteiger partial charge in [0.15, 0.2) is 0 Å². The molecule has 1 fully saturated rings. The number of rotatable bonds is 9. The number of unbranched alkanes of at least 4 members (excludes halogenated alkanes) is 2. The zero-order valence-corrected chi connectivity index (χ0v) is 22.1. The number of cyclic esters (lactones) is 1. The fraction of sp³-hybridized carbons (Fsp3) is 0.577. The zero-order chi connectivity index (χ0) is 29.1. The number of ether oxygens (including phenoxy) is 1. The van der Waals surface area contributed by atoms with Gasteiger partial charge < -0.3 is 4.74 Å². The zero-order valence-electron chi connectivity index (χ0n) is 22.1. The van der Waals surface area contributed by atoms with Gasteiger partial charge in [-0.05, 0) is 43.9 Å². The number of carbonyl (C=O) groups is 1. The molecule has 0 saturated carbocycles. The molecule has 38 heavy (non-hydrogen) atoms. The van der Waals surface area contributed by atoms with Crippen LogP contribution in [0, 0.1) is 0 Å². The SMILES string of the molecule is CC/C=C/N=C1\NC(=O)OC(C(F)(F)F)\C1=C(\C)c1cc(C(F)(F)F)cc(C(CC)CCCCC)n1.CF. The van der Waals surface area contributed by atoms with Gasteiger partial charge in [-0.1, -0.05) is 46.1 Å². The van der Waals surface area contributed by atoms with Crippen molar-refractivity contribution in [3.8, 4) is 0 Å². The number of alkyl carbamates (subject to hydrolysis) is 1. The van der Waals surface area contributed by atoms with Gasteiger partial charge in [-0.3, -0.25) is 14.7 Å². The summed E-state index contributed by atoms with van der Waals surface area (Å²) in [6, 6.07) is 1.68. The van der Waals surface area contributed by atoms with Crippen molar-refractivity contribution >= 4 is 17.5 Å². The van der Waals surface area contributed by atoms with Crippen molar-refractivity contribution in [3.05, 3.63) is 46.9 Å². The van der Waals surface area contributed by atoms with Crippen LogP contribution < -0.4 is 5.32 Å². The molecule has 1 saturated heterocycles. The summed E-state index contributed by atoms with van der Waals surface area (Å²) in [7, 11) is 0.500. The molecule has 12 heteroatoms. The first-order valence-corrected chi connectivity index (χ1v) is 12.3. The summed E-state index contributed by atoms with van der Waals surface area (Å²) in [6.45, 7) is 6.84. The largest absolute Gasteiger partial charge is 0.431 e. The molecule has 2 atom stereocenters. The highest BCUT2D eigenvalue weighted by molar-refractivity contribution is 6.13. The predicted octanol–water partition coefficient (Wildman–Crippen LogP) is 8.53. The van der Waals surface area contributed by atoms with Crippen LogP contribution in [0.4, 0.5) is 35.5 Å². The third kappa shape index (κ3) is 9.13. The third-order valence-electron chi connectivity index (χ3n) is 5.83. The Morgan fingerprint density at radius 3 is 2.32 bits per heavy atom. The molecule has 1 N–H and O–H groups in total. The Kier molecular flexibility index (Phi) is 13.0. The topological polar surface area (TPSA) is 63.6 Å². The van der Waals surface area contributed by atoms with Gasteiger partial charge in [0.1, 0.15) is 5.84 Å². The van der Waals surface area contributed by atoms with Gasteiger partial charge in [-0.25, -0.2) is 9.79 Å². The van der Waals surface area contributed by atoms with E-state index in [1.54, 1.807) is 13.0 Å². The quantitative estimate of drug-likeness (QED) is 0.246. The molecular weight excluding hydrogens is 519 g/mol.